The van der Waals surface area contributed by atoms with E-state index >= 15 is 0 Å². The summed E-state index contributed by atoms with van der Waals surface area (Å²) in [7, 11) is 0. The van der Waals surface area contributed by atoms with Gasteiger partial charge in [-0.1, -0.05) is 35.9 Å². The van der Waals surface area contributed by atoms with Crippen LogP contribution in [0.4, 0.5) is 5.69 Å². The molecule has 2 aromatic rings. The SMILES string of the molecule is Cc1cc(C)c(NC(=O)CCCSc2ccccc2)c(C)c1. The molecule has 22 heavy (non-hydrogen) atoms. The molecule has 0 bridgehead atoms. The van der Waals surface area contributed by atoms with Crippen LogP contribution >= 0.6 is 11.8 Å². The van der Waals surface area contributed by atoms with Crippen LogP contribution in [0.5, 0.6) is 0 Å². The second-order valence-electron chi connectivity index (χ2n) is 5.59. The van der Waals surface area contributed by atoms with Gasteiger partial charge in [-0.25, -0.2) is 0 Å². The predicted molar refractivity (Wildman–Crippen MR) is 95.7 cm³/mol. The number of aryl methyl sites for hydroxylation is 3. The number of hydrogen-bond donors (Lipinski definition) is 1. The third kappa shape index (κ3) is 4.92. The molecule has 0 aliphatic carbocycles. The number of nitrogens with one attached hydrogen (secondary N) is 1. The van der Waals surface area contributed by atoms with E-state index in [2.05, 4.69) is 36.5 Å². The van der Waals surface area contributed by atoms with E-state index in [1.807, 2.05) is 32.0 Å². The lowest BCUT2D eigenvalue weighted by molar-refractivity contribution is -0.116. The first-order valence-electron chi connectivity index (χ1n) is 7.62. The van der Waals surface area contributed by atoms with Gasteiger partial charge in [0.15, 0.2) is 0 Å². The maximum atomic E-state index is 12.1. The average Bonchev–Trinajstić information content (AvgIpc) is 2.48. The summed E-state index contributed by atoms with van der Waals surface area (Å²) in [6.07, 6.45) is 1.45. The topological polar surface area (TPSA) is 29.1 Å². The molecule has 0 spiro atoms. The van der Waals surface area contributed by atoms with Gasteiger partial charge in [0, 0.05) is 17.0 Å². The molecule has 2 rings (SSSR count). The van der Waals surface area contributed by atoms with Crippen LogP contribution in [0.2, 0.25) is 0 Å². The predicted octanol–water partition coefficient (Wildman–Crippen LogP) is 5.12. The monoisotopic (exact) mass is 313 g/mol. The van der Waals surface area contributed by atoms with Crippen LogP contribution in [-0.2, 0) is 4.79 Å². The maximum Gasteiger partial charge on any atom is 0.224 e. The minimum atomic E-state index is 0.101. The number of benzene rings is 2. The number of rotatable bonds is 6. The Bertz CT molecular complexity index is 614. The number of anilines is 1. The van der Waals surface area contributed by atoms with E-state index in [4.69, 9.17) is 0 Å². The molecule has 3 heteroatoms. The van der Waals surface area contributed by atoms with Crippen LogP contribution in [0.25, 0.3) is 0 Å². The molecule has 0 saturated carbocycles. The van der Waals surface area contributed by atoms with Gasteiger partial charge >= 0.3 is 0 Å². The minimum Gasteiger partial charge on any atom is -0.326 e. The zero-order valence-corrected chi connectivity index (χ0v) is 14.3. The molecule has 0 aliphatic heterocycles. The Morgan fingerprint density at radius 2 is 1.68 bits per heavy atom. The molecule has 0 aromatic heterocycles. The van der Waals surface area contributed by atoms with Crippen molar-refractivity contribution in [3.8, 4) is 0 Å². The van der Waals surface area contributed by atoms with Gasteiger partial charge in [-0.05, 0) is 56.2 Å². The third-order valence-electron chi connectivity index (χ3n) is 3.50. The summed E-state index contributed by atoms with van der Waals surface area (Å²) in [4.78, 5) is 13.4. The van der Waals surface area contributed by atoms with Crippen molar-refractivity contribution >= 4 is 23.4 Å². The molecule has 1 amide bonds. The van der Waals surface area contributed by atoms with E-state index in [1.165, 1.54) is 10.5 Å². The summed E-state index contributed by atoms with van der Waals surface area (Å²) in [6, 6.07) is 14.5. The first-order chi connectivity index (χ1) is 10.6. The molecule has 2 nitrogen and oxygen atoms in total. The molecular formula is C19H23NOS. The van der Waals surface area contributed by atoms with Gasteiger partial charge < -0.3 is 5.32 Å². The van der Waals surface area contributed by atoms with Crippen LogP contribution in [0.1, 0.15) is 29.5 Å². The van der Waals surface area contributed by atoms with Crippen molar-refractivity contribution in [3.05, 3.63) is 59.2 Å². The molecule has 1 N–H and O–H groups in total. The molecule has 0 radical (unpaired) electrons. The molecule has 0 fully saturated rings. The fourth-order valence-corrected chi connectivity index (χ4v) is 3.39. The lowest BCUT2D eigenvalue weighted by Crippen LogP contribution is -2.13. The minimum absolute atomic E-state index is 0.101. The molecule has 0 saturated heterocycles. The van der Waals surface area contributed by atoms with Crippen LogP contribution in [0.3, 0.4) is 0 Å². The number of amides is 1. The molecule has 116 valence electrons. The fourth-order valence-electron chi connectivity index (χ4n) is 2.52. The molecule has 0 heterocycles. The van der Waals surface area contributed by atoms with Crippen LogP contribution < -0.4 is 5.32 Å². The number of thioether (sulfide) groups is 1. The van der Waals surface area contributed by atoms with Crippen molar-refractivity contribution in [2.75, 3.05) is 11.1 Å². The third-order valence-corrected chi connectivity index (χ3v) is 4.60. The molecule has 2 aromatic carbocycles. The number of hydrogen-bond acceptors (Lipinski definition) is 2. The standard InChI is InChI=1S/C19H23NOS/c1-14-12-15(2)19(16(3)13-14)20-18(21)10-7-11-22-17-8-5-4-6-9-17/h4-6,8-9,12-13H,7,10-11H2,1-3H3,(H,20,21). The Kier molecular flexibility index (Phi) is 6.08. The van der Waals surface area contributed by atoms with Gasteiger partial charge in [-0.2, -0.15) is 0 Å². The maximum absolute atomic E-state index is 12.1. The summed E-state index contributed by atoms with van der Waals surface area (Å²) in [5, 5.41) is 3.06. The molecule has 0 aliphatic rings. The van der Waals surface area contributed by atoms with E-state index in [9.17, 15) is 4.79 Å². The Hall–Kier alpha value is -1.74. The second kappa shape index (κ2) is 8.04. The first kappa shape index (κ1) is 16.6. The van der Waals surface area contributed by atoms with E-state index in [1.54, 1.807) is 11.8 Å². The van der Waals surface area contributed by atoms with E-state index < -0.39 is 0 Å². The highest BCUT2D eigenvalue weighted by Gasteiger charge is 2.08. The zero-order valence-electron chi connectivity index (χ0n) is 13.5. The van der Waals surface area contributed by atoms with Gasteiger partial charge in [0.05, 0.1) is 0 Å². The van der Waals surface area contributed by atoms with Gasteiger partial charge in [0.2, 0.25) is 5.91 Å². The van der Waals surface area contributed by atoms with Gasteiger partial charge in [-0.3, -0.25) is 4.79 Å². The van der Waals surface area contributed by atoms with E-state index in [-0.39, 0.29) is 5.91 Å². The number of carbonyl (C=O) groups excluding carboxylic acids is 1. The van der Waals surface area contributed by atoms with Gasteiger partial charge in [-0.15, -0.1) is 11.8 Å². The van der Waals surface area contributed by atoms with Crippen molar-refractivity contribution in [2.45, 2.75) is 38.5 Å². The smallest absolute Gasteiger partial charge is 0.224 e. The molecular weight excluding hydrogens is 290 g/mol. The summed E-state index contributed by atoms with van der Waals surface area (Å²) in [5.74, 6) is 1.06. The summed E-state index contributed by atoms with van der Waals surface area (Å²) in [5.41, 5.74) is 4.45. The molecule has 0 unspecified atom stereocenters. The zero-order chi connectivity index (χ0) is 15.9. The van der Waals surface area contributed by atoms with E-state index in [0.29, 0.717) is 6.42 Å². The Balaban J connectivity index is 1.79. The summed E-state index contributed by atoms with van der Waals surface area (Å²) in [6.45, 7) is 6.16. The van der Waals surface area contributed by atoms with Crippen LogP contribution in [0.15, 0.2) is 47.4 Å². The highest BCUT2D eigenvalue weighted by molar-refractivity contribution is 7.99. The van der Waals surface area contributed by atoms with E-state index in [0.717, 1.165) is 29.0 Å². The highest BCUT2D eigenvalue weighted by Crippen LogP contribution is 2.23. The van der Waals surface area contributed by atoms with Crippen molar-refractivity contribution in [1.82, 2.24) is 0 Å². The quantitative estimate of drug-likeness (QED) is 0.592. The normalized spacial score (nSPS) is 10.5. The van der Waals surface area contributed by atoms with Crippen molar-refractivity contribution in [3.63, 3.8) is 0 Å². The van der Waals surface area contributed by atoms with Gasteiger partial charge in [0.25, 0.3) is 0 Å². The van der Waals surface area contributed by atoms with Gasteiger partial charge in [0.1, 0.15) is 0 Å². The Morgan fingerprint density at radius 1 is 1.05 bits per heavy atom. The Labute approximate surface area is 137 Å². The summed E-state index contributed by atoms with van der Waals surface area (Å²) >= 11 is 1.80. The average molecular weight is 313 g/mol. The summed E-state index contributed by atoms with van der Waals surface area (Å²) < 4.78 is 0. The Morgan fingerprint density at radius 3 is 2.32 bits per heavy atom. The highest BCUT2D eigenvalue weighted by atomic mass is 32.2. The van der Waals surface area contributed by atoms with Crippen molar-refractivity contribution in [2.24, 2.45) is 0 Å². The fraction of sp³-hybridized carbons (Fsp3) is 0.316. The largest absolute Gasteiger partial charge is 0.326 e. The van der Waals surface area contributed by atoms with Crippen molar-refractivity contribution in [1.29, 1.82) is 0 Å². The first-order valence-corrected chi connectivity index (χ1v) is 8.60. The number of carbonyl (C=O) groups is 1. The van der Waals surface area contributed by atoms with Crippen LogP contribution in [0, 0.1) is 20.8 Å². The van der Waals surface area contributed by atoms with Crippen molar-refractivity contribution < 1.29 is 4.79 Å². The molecule has 0 atom stereocenters. The van der Waals surface area contributed by atoms with Crippen LogP contribution in [-0.4, -0.2) is 11.7 Å². The lowest BCUT2D eigenvalue weighted by Gasteiger charge is -2.12. The lowest BCUT2D eigenvalue weighted by atomic mass is 10.0. The second-order valence-corrected chi connectivity index (χ2v) is 6.76.